The van der Waals surface area contributed by atoms with Crippen molar-refractivity contribution in [1.82, 2.24) is 10.2 Å². The van der Waals surface area contributed by atoms with Crippen molar-refractivity contribution in [2.75, 3.05) is 0 Å². The molecule has 0 spiro atoms. The molecule has 3 nitrogen and oxygen atoms in total. The van der Waals surface area contributed by atoms with E-state index in [0.29, 0.717) is 6.42 Å². The van der Waals surface area contributed by atoms with Crippen molar-refractivity contribution < 1.29 is 4.39 Å². The third-order valence-corrected chi connectivity index (χ3v) is 2.59. The zero-order chi connectivity index (χ0) is 10.8. The van der Waals surface area contributed by atoms with Gasteiger partial charge in [-0.3, -0.25) is 5.10 Å². The van der Waals surface area contributed by atoms with Gasteiger partial charge < -0.3 is 5.73 Å². The lowest BCUT2D eigenvalue weighted by atomic mass is 10.1. The average molecular weight is 207 g/mol. The highest BCUT2D eigenvalue weighted by atomic mass is 19.1. The van der Waals surface area contributed by atoms with E-state index in [1.165, 1.54) is 12.1 Å². The van der Waals surface area contributed by atoms with Crippen molar-refractivity contribution in [3.05, 3.63) is 29.7 Å². The average Bonchev–Trinajstić information content (AvgIpc) is 2.61. The van der Waals surface area contributed by atoms with Gasteiger partial charge in [-0.2, -0.15) is 5.10 Å². The van der Waals surface area contributed by atoms with Gasteiger partial charge in [0, 0.05) is 23.5 Å². The fourth-order valence-electron chi connectivity index (χ4n) is 1.60. The summed E-state index contributed by atoms with van der Waals surface area (Å²) in [6.45, 7) is 2.03. The van der Waals surface area contributed by atoms with E-state index in [4.69, 9.17) is 5.73 Å². The molecule has 15 heavy (non-hydrogen) atoms. The second-order valence-electron chi connectivity index (χ2n) is 3.74. The zero-order valence-electron chi connectivity index (χ0n) is 8.63. The molecular weight excluding hydrogens is 193 g/mol. The number of nitrogens with two attached hydrogens (primary N) is 1. The van der Waals surface area contributed by atoms with Crippen molar-refractivity contribution in [1.29, 1.82) is 0 Å². The first-order valence-corrected chi connectivity index (χ1v) is 5.08. The second kappa shape index (κ2) is 3.98. The molecule has 0 saturated carbocycles. The molecule has 0 amide bonds. The molecule has 1 heterocycles. The molecule has 0 saturated heterocycles. The van der Waals surface area contributed by atoms with Crippen LogP contribution in [-0.4, -0.2) is 16.2 Å². The normalized spacial score (nSPS) is 13.3. The standard InChI is InChI=1S/C11H14FN3/c1-2-8(13)6-11-9-5-7(12)3-4-10(9)14-15-11/h3-5,8H,2,6,13H2,1H3,(H,14,15). The molecule has 0 aliphatic rings. The number of benzene rings is 1. The smallest absolute Gasteiger partial charge is 0.124 e. The van der Waals surface area contributed by atoms with E-state index in [9.17, 15) is 4.39 Å². The Labute approximate surface area is 87.5 Å². The zero-order valence-corrected chi connectivity index (χ0v) is 8.63. The van der Waals surface area contributed by atoms with Gasteiger partial charge in [0.15, 0.2) is 0 Å². The summed E-state index contributed by atoms with van der Waals surface area (Å²) < 4.78 is 13.0. The summed E-state index contributed by atoms with van der Waals surface area (Å²) in [5.74, 6) is -0.241. The first kappa shape index (κ1) is 10.1. The molecule has 80 valence electrons. The number of fused-ring (bicyclic) bond motifs is 1. The van der Waals surface area contributed by atoms with Crippen molar-refractivity contribution in [2.45, 2.75) is 25.8 Å². The molecular formula is C11H14FN3. The van der Waals surface area contributed by atoms with E-state index in [2.05, 4.69) is 10.2 Å². The fraction of sp³-hybridized carbons (Fsp3) is 0.364. The fourth-order valence-corrected chi connectivity index (χ4v) is 1.60. The quantitative estimate of drug-likeness (QED) is 0.808. The summed E-state index contributed by atoms with van der Waals surface area (Å²) in [5.41, 5.74) is 7.55. The van der Waals surface area contributed by atoms with E-state index in [1.807, 2.05) is 6.92 Å². The number of halogens is 1. The highest BCUT2D eigenvalue weighted by molar-refractivity contribution is 5.81. The number of aromatic amines is 1. The van der Waals surface area contributed by atoms with Gasteiger partial charge >= 0.3 is 0 Å². The summed E-state index contributed by atoms with van der Waals surface area (Å²) in [6, 6.07) is 4.67. The van der Waals surface area contributed by atoms with Crippen LogP contribution in [0.25, 0.3) is 10.9 Å². The molecule has 2 rings (SSSR count). The van der Waals surface area contributed by atoms with E-state index >= 15 is 0 Å². The summed E-state index contributed by atoms with van der Waals surface area (Å²) in [7, 11) is 0. The second-order valence-corrected chi connectivity index (χ2v) is 3.74. The number of hydrogen-bond acceptors (Lipinski definition) is 2. The van der Waals surface area contributed by atoms with Crippen LogP contribution < -0.4 is 5.73 Å². The highest BCUT2D eigenvalue weighted by Crippen LogP contribution is 2.18. The lowest BCUT2D eigenvalue weighted by Crippen LogP contribution is -2.21. The third-order valence-electron chi connectivity index (χ3n) is 2.59. The third kappa shape index (κ3) is 1.99. The predicted octanol–water partition coefficient (Wildman–Crippen LogP) is 1.98. The summed E-state index contributed by atoms with van der Waals surface area (Å²) in [6.07, 6.45) is 1.60. The SMILES string of the molecule is CCC(N)Cc1[nH]nc2ccc(F)cc12. The van der Waals surface area contributed by atoms with Crippen LogP contribution in [0.1, 0.15) is 19.0 Å². The highest BCUT2D eigenvalue weighted by Gasteiger charge is 2.09. The van der Waals surface area contributed by atoms with Gasteiger partial charge in [0.1, 0.15) is 5.82 Å². The van der Waals surface area contributed by atoms with Gasteiger partial charge in [-0.05, 0) is 24.6 Å². The Morgan fingerprint density at radius 1 is 1.53 bits per heavy atom. The maximum absolute atomic E-state index is 13.0. The number of nitrogens with one attached hydrogen (secondary N) is 1. The number of rotatable bonds is 3. The Kier molecular flexibility index (Phi) is 2.68. The van der Waals surface area contributed by atoms with Crippen LogP contribution in [0.5, 0.6) is 0 Å². The molecule has 1 atom stereocenters. The Bertz CT molecular complexity index is 464. The first-order valence-electron chi connectivity index (χ1n) is 5.08. The molecule has 0 fully saturated rings. The van der Waals surface area contributed by atoms with Gasteiger partial charge in [-0.15, -0.1) is 0 Å². The van der Waals surface area contributed by atoms with Crippen molar-refractivity contribution >= 4 is 10.9 Å². The summed E-state index contributed by atoms with van der Waals surface area (Å²) in [5, 5.41) is 7.84. The predicted molar refractivity (Wildman–Crippen MR) is 58.0 cm³/mol. The van der Waals surface area contributed by atoms with Crippen molar-refractivity contribution in [3.8, 4) is 0 Å². The Morgan fingerprint density at radius 3 is 3.07 bits per heavy atom. The van der Waals surface area contributed by atoms with Gasteiger partial charge in [-0.1, -0.05) is 6.92 Å². The number of nitrogens with zero attached hydrogens (tertiary/aromatic N) is 1. The largest absolute Gasteiger partial charge is 0.327 e. The summed E-state index contributed by atoms with van der Waals surface area (Å²) >= 11 is 0. The van der Waals surface area contributed by atoms with Crippen LogP contribution in [0.15, 0.2) is 18.2 Å². The van der Waals surface area contributed by atoms with Crippen LogP contribution >= 0.6 is 0 Å². The molecule has 1 aromatic heterocycles. The molecule has 4 heteroatoms. The molecule has 1 aromatic carbocycles. The molecule has 0 aliphatic heterocycles. The van der Waals surface area contributed by atoms with E-state index < -0.39 is 0 Å². The maximum atomic E-state index is 13.0. The minimum absolute atomic E-state index is 0.0944. The molecule has 0 radical (unpaired) electrons. The first-order chi connectivity index (χ1) is 7.20. The van der Waals surface area contributed by atoms with E-state index in [1.54, 1.807) is 6.07 Å². The monoisotopic (exact) mass is 207 g/mol. The Balaban J connectivity index is 2.39. The maximum Gasteiger partial charge on any atom is 0.124 e. The van der Waals surface area contributed by atoms with Gasteiger partial charge in [-0.25, -0.2) is 4.39 Å². The Morgan fingerprint density at radius 2 is 2.33 bits per heavy atom. The molecule has 3 N–H and O–H groups in total. The topological polar surface area (TPSA) is 54.7 Å². The Hall–Kier alpha value is -1.42. The van der Waals surface area contributed by atoms with Crippen molar-refractivity contribution in [3.63, 3.8) is 0 Å². The van der Waals surface area contributed by atoms with Crippen LogP contribution in [-0.2, 0) is 6.42 Å². The van der Waals surface area contributed by atoms with Crippen LogP contribution in [0.4, 0.5) is 4.39 Å². The molecule has 1 unspecified atom stereocenters. The lowest BCUT2D eigenvalue weighted by molar-refractivity contribution is 0.627. The lowest BCUT2D eigenvalue weighted by Gasteiger charge is -2.06. The van der Waals surface area contributed by atoms with Crippen LogP contribution in [0.2, 0.25) is 0 Å². The van der Waals surface area contributed by atoms with E-state index in [-0.39, 0.29) is 11.9 Å². The van der Waals surface area contributed by atoms with Crippen molar-refractivity contribution in [2.24, 2.45) is 5.73 Å². The molecule has 0 aliphatic carbocycles. The van der Waals surface area contributed by atoms with E-state index in [0.717, 1.165) is 23.0 Å². The number of H-pyrrole nitrogens is 1. The van der Waals surface area contributed by atoms with Gasteiger partial charge in [0.05, 0.1) is 5.52 Å². The van der Waals surface area contributed by atoms with Crippen LogP contribution in [0.3, 0.4) is 0 Å². The van der Waals surface area contributed by atoms with Gasteiger partial charge in [0.25, 0.3) is 0 Å². The summed E-state index contributed by atoms with van der Waals surface area (Å²) in [4.78, 5) is 0. The van der Waals surface area contributed by atoms with Gasteiger partial charge in [0.2, 0.25) is 0 Å². The number of aromatic nitrogens is 2. The van der Waals surface area contributed by atoms with Crippen LogP contribution in [0, 0.1) is 5.82 Å². The number of hydrogen-bond donors (Lipinski definition) is 2. The molecule has 0 bridgehead atoms. The molecule has 2 aromatic rings. The minimum atomic E-state index is -0.241. The minimum Gasteiger partial charge on any atom is -0.327 e.